The summed E-state index contributed by atoms with van der Waals surface area (Å²) >= 11 is 0. The van der Waals surface area contributed by atoms with Gasteiger partial charge in [-0.05, 0) is 52.7 Å². The van der Waals surface area contributed by atoms with Gasteiger partial charge in [0.25, 0.3) is 0 Å². The standard InChI is InChI=1S/C15H14FN5/c1-2-10-3-6-12(7-4-10)21-15(18-19-20-21)11-5-8-14(17)13(16)9-11/h3-9H,2,17H2,1H3. The van der Waals surface area contributed by atoms with Crippen LogP contribution in [-0.2, 0) is 6.42 Å². The second-order valence-corrected chi connectivity index (χ2v) is 4.67. The van der Waals surface area contributed by atoms with E-state index in [0.717, 1.165) is 12.1 Å². The van der Waals surface area contributed by atoms with Crippen LogP contribution >= 0.6 is 0 Å². The maximum absolute atomic E-state index is 13.6. The third-order valence-electron chi connectivity index (χ3n) is 3.32. The Kier molecular flexibility index (Phi) is 3.35. The highest BCUT2D eigenvalue weighted by atomic mass is 19.1. The molecule has 0 aliphatic rings. The summed E-state index contributed by atoms with van der Waals surface area (Å²) in [7, 11) is 0. The number of halogens is 1. The minimum atomic E-state index is -0.483. The number of nitrogen functional groups attached to an aromatic ring is 1. The van der Waals surface area contributed by atoms with Crippen molar-refractivity contribution in [2.24, 2.45) is 0 Å². The molecule has 2 aromatic carbocycles. The molecule has 106 valence electrons. The number of aryl methyl sites for hydroxylation is 1. The van der Waals surface area contributed by atoms with Crippen LogP contribution in [0.15, 0.2) is 42.5 Å². The van der Waals surface area contributed by atoms with Crippen molar-refractivity contribution < 1.29 is 4.39 Å². The summed E-state index contributed by atoms with van der Waals surface area (Å²) < 4.78 is 15.2. The van der Waals surface area contributed by atoms with E-state index in [9.17, 15) is 4.39 Å². The van der Waals surface area contributed by atoms with Crippen LogP contribution < -0.4 is 5.73 Å². The topological polar surface area (TPSA) is 69.6 Å². The number of benzene rings is 2. The van der Waals surface area contributed by atoms with E-state index < -0.39 is 5.82 Å². The van der Waals surface area contributed by atoms with Crippen molar-refractivity contribution >= 4 is 5.69 Å². The molecule has 0 fully saturated rings. The highest BCUT2D eigenvalue weighted by Crippen LogP contribution is 2.22. The predicted octanol–water partition coefficient (Wildman–Crippen LogP) is 2.61. The number of hydrogen-bond donors (Lipinski definition) is 1. The molecule has 0 aliphatic heterocycles. The summed E-state index contributed by atoms with van der Waals surface area (Å²) in [4.78, 5) is 0. The molecule has 0 radical (unpaired) electrons. The van der Waals surface area contributed by atoms with E-state index >= 15 is 0 Å². The van der Waals surface area contributed by atoms with Crippen LogP contribution in [0, 0.1) is 5.82 Å². The molecule has 1 aromatic heterocycles. The number of anilines is 1. The summed E-state index contributed by atoms with van der Waals surface area (Å²) in [6, 6.07) is 12.4. The molecule has 0 spiro atoms. The number of aromatic nitrogens is 4. The summed E-state index contributed by atoms with van der Waals surface area (Å²) in [6.07, 6.45) is 0.964. The van der Waals surface area contributed by atoms with Gasteiger partial charge >= 0.3 is 0 Å². The molecule has 1 heterocycles. The minimum absolute atomic E-state index is 0.102. The summed E-state index contributed by atoms with van der Waals surface area (Å²) in [5.74, 6) is -0.0125. The lowest BCUT2D eigenvalue weighted by Crippen LogP contribution is -2.01. The molecule has 0 aliphatic carbocycles. The van der Waals surface area contributed by atoms with Crippen molar-refractivity contribution in [2.75, 3.05) is 5.73 Å². The molecule has 0 unspecified atom stereocenters. The van der Waals surface area contributed by atoms with Crippen LogP contribution in [0.3, 0.4) is 0 Å². The largest absolute Gasteiger partial charge is 0.396 e. The molecule has 0 bridgehead atoms. The third kappa shape index (κ3) is 2.47. The molecule has 0 amide bonds. The van der Waals surface area contributed by atoms with Crippen LogP contribution in [0.4, 0.5) is 10.1 Å². The maximum atomic E-state index is 13.6. The molecule has 0 saturated heterocycles. The fourth-order valence-electron chi connectivity index (χ4n) is 2.08. The third-order valence-corrected chi connectivity index (χ3v) is 3.32. The van der Waals surface area contributed by atoms with E-state index in [4.69, 9.17) is 5.73 Å². The molecular weight excluding hydrogens is 269 g/mol. The second kappa shape index (κ2) is 5.32. The quantitative estimate of drug-likeness (QED) is 0.750. The van der Waals surface area contributed by atoms with E-state index in [0.29, 0.717) is 11.4 Å². The van der Waals surface area contributed by atoms with Crippen LogP contribution in [0.5, 0.6) is 0 Å². The van der Waals surface area contributed by atoms with Gasteiger partial charge in [-0.2, -0.15) is 4.68 Å². The van der Waals surface area contributed by atoms with E-state index in [-0.39, 0.29) is 5.69 Å². The molecule has 6 heteroatoms. The second-order valence-electron chi connectivity index (χ2n) is 4.67. The molecule has 3 rings (SSSR count). The first-order valence-electron chi connectivity index (χ1n) is 6.62. The highest BCUT2D eigenvalue weighted by molar-refractivity contribution is 5.61. The number of rotatable bonds is 3. The molecule has 0 atom stereocenters. The Bertz CT molecular complexity index is 764. The number of nitrogens with zero attached hydrogens (tertiary/aromatic N) is 4. The van der Waals surface area contributed by atoms with Gasteiger partial charge in [-0.15, -0.1) is 5.10 Å². The van der Waals surface area contributed by atoms with Gasteiger partial charge in [0.15, 0.2) is 5.82 Å². The Balaban J connectivity index is 2.05. The first-order chi connectivity index (χ1) is 10.2. The fraction of sp³-hybridized carbons (Fsp3) is 0.133. The van der Waals surface area contributed by atoms with E-state index in [2.05, 4.69) is 22.4 Å². The lowest BCUT2D eigenvalue weighted by molar-refractivity contribution is 0.632. The molecule has 5 nitrogen and oxygen atoms in total. The van der Waals surface area contributed by atoms with Crippen molar-refractivity contribution in [1.82, 2.24) is 20.2 Å². The van der Waals surface area contributed by atoms with E-state index in [1.165, 1.54) is 17.7 Å². The normalized spacial score (nSPS) is 10.8. The first kappa shape index (κ1) is 13.2. The Morgan fingerprint density at radius 2 is 1.90 bits per heavy atom. The zero-order valence-electron chi connectivity index (χ0n) is 11.5. The first-order valence-corrected chi connectivity index (χ1v) is 6.62. The van der Waals surface area contributed by atoms with Gasteiger partial charge in [0.1, 0.15) is 5.82 Å². The van der Waals surface area contributed by atoms with Crippen LogP contribution in [0.1, 0.15) is 12.5 Å². The number of nitrogens with two attached hydrogens (primary N) is 1. The average molecular weight is 283 g/mol. The van der Waals surface area contributed by atoms with Crippen molar-refractivity contribution in [3.8, 4) is 17.1 Å². The van der Waals surface area contributed by atoms with E-state index in [1.807, 2.05) is 24.3 Å². The number of hydrogen-bond acceptors (Lipinski definition) is 4. The average Bonchev–Trinajstić information content (AvgIpc) is 2.99. The van der Waals surface area contributed by atoms with Gasteiger partial charge < -0.3 is 5.73 Å². The fourth-order valence-corrected chi connectivity index (χ4v) is 2.08. The molecule has 3 aromatic rings. The van der Waals surface area contributed by atoms with Gasteiger partial charge in [-0.25, -0.2) is 4.39 Å². The van der Waals surface area contributed by atoms with Gasteiger partial charge in [0.2, 0.25) is 0 Å². The summed E-state index contributed by atoms with van der Waals surface area (Å²) in [5.41, 5.74) is 8.22. The maximum Gasteiger partial charge on any atom is 0.187 e. The highest BCUT2D eigenvalue weighted by Gasteiger charge is 2.12. The van der Waals surface area contributed by atoms with Crippen molar-refractivity contribution in [3.05, 3.63) is 53.8 Å². The monoisotopic (exact) mass is 283 g/mol. The summed E-state index contributed by atoms with van der Waals surface area (Å²) in [5, 5.41) is 11.6. The lowest BCUT2D eigenvalue weighted by Gasteiger charge is -2.06. The minimum Gasteiger partial charge on any atom is -0.396 e. The van der Waals surface area contributed by atoms with Gasteiger partial charge in [0.05, 0.1) is 11.4 Å². The number of tetrazole rings is 1. The lowest BCUT2D eigenvalue weighted by atomic mass is 10.1. The molecule has 21 heavy (non-hydrogen) atoms. The zero-order chi connectivity index (χ0) is 14.8. The molecule has 2 N–H and O–H groups in total. The van der Waals surface area contributed by atoms with Crippen LogP contribution in [-0.4, -0.2) is 20.2 Å². The Labute approximate surface area is 121 Å². The SMILES string of the molecule is CCc1ccc(-n2nnnc2-c2ccc(N)c(F)c2)cc1. The Hall–Kier alpha value is -2.76. The van der Waals surface area contributed by atoms with Crippen molar-refractivity contribution in [2.45, 2.75) is 13.3 Å². The van der Waals surface area contributed by atoms with Gasteiger partial charge in [-0.3, -0.25) is 0 Å². The zero-order valence-corrected chi connectivity index (χ0v) is 11.5. The Morgan fingerprint density at radius 1 is 1.14 bits per heavy atom. The van der Waals surface area contributed by atoms with Crippen LogP contribution in [0.25, 0.3) is 17.1 Å². The van der Waals surface area contributed by atoms with Crippen molar-refractivity contribution in [3.63, 3.8) is 0 Å². The van der Waals surface area contributed by atoms with E-state index in [1.54, 1.807) is 10.7 Å². The van der Waals surface area contributed by atoms with Crippen molar-refractivity contribution in [1.29, 1.82) is 0 Å². The summed E-state index contributed by atoms with van der Waals surface area (Å²) in [6.45, 7) is 2.09. The van der Waals surface area contributed by atoms with Gasteiger partial charge in [-0.1, -0.05) is 19.1 Å². The van der Waals surface area contributed by atoms with Gasteiger partial charge in [0, 0.05) is 5.56 Å². The Morgan fingerprint density at radius 3 is 2.57 bits per heavy atom. The van der Waals surface area contributed by atoms with Crippen LogP contribution in [0.2, 0.25) is 0 Å². The molecular formula is C15H14FN5. The molecule has 0 saturated carbocycles. The smallest absolute Gasteiger partial charge is 0.187 e. The predicted molar refractivity (Wildman–Crippen MR) is 78.3 cm³/mol.